The van der Waals surface area contributed by atoms with Crippen molar-refractivity contribution in [1.29, 1.82) is 0 Å². The molecule has 1 unspecified atom stereocenters. The van der Waals surface area contributed by atoms with Crippen molar-refractivity contribution in [1.82, 2.24) is 23.6 Å². The van der Waals surface area contributed by atoms with E-state index in [9.17, 15) is 8.42 Å². The average Bonchev–Trinajstić information content (AvgIpc) is 2.63. The maximum Gasteiger partial charge on any atom is 0.282 e. The highest BCUT2D eigenvalue weighted by Crippen LogP contribution is 2.33. The summed E-state index contributed by atoms with van der Waals surface area (Å²) in [5, 5.41) is 3.05. The van der Waals surface area contributed by atoms with Crippen molar-refractivity contribution in [2.45, 2.75) is 25.3 Å². The van der Waals surface area contributed by atoms with Crippen molar-refractivity contribution < 1.29 is 8.42 Å². The van der Waals surface area contributed by atoms with Gasteiger partial charge < -0.3 is 5.32 Å². The third-order valence-electron chi connectivity index (χ3n) is 4.13. The highest BCUT2D eigenvalue weighted by Gasteiger charge is 2.35. The second-order valence-corrected chi connectivity index (χ2v) is 8.15. The van der Waals surface area contributed by atoms with Gasteiger partial charge in [0.15, 0.2) is 0 Å². The van der Waals surface area contributed by atoms with Gasteiger partial charge in [0.25, 0.3) is 10.2 Å². The van der Waals surface area contributed by atoms with Crippen molar-refractivity contribution in [3.05, 3.63) is 42.4 Å². The molecule has 0 spiro atoms. The first-order chi connectivity index (χ1) is 12.0. The number of pyridine rings is 1. The monoisotopic (exact) mass is 362 g/mol. The Morgan fingerprint density at radius 2 is 2.00 bits per heavy atom. The zero-order chi connectivity index (χ0) is 17.9. The van der Waals surface area contributed by atoms with Crippen LogP contribution in [-0.2, 0) is 10.2 Å². The lowest BCUT2D eigenvalue weighted by Gasteiger charge is -2.35. The molecule has 1 fully saturated rings. The fraction of sp³-hybridized carbons (Fsp3) is 0.438. The normalized spacial score (nSPS) is 19.1. The van der Waals surface area contributed by atoms with Gasteiger partial charge in [-0.3, -0.25) is 0 Å². The fourth-order valence-corrected chi connectivity index (χ4v) is 4.17. The number of hydrogen-bond donors (Lipinski definition) is 1. The molecule has 0 saturated carbocycles. The maximum atomic E-state index is 12.6. The van der Waals surface area contributed by atoms with Crippen LogP contribution in [-0.4, -0.2) is 52.6 Å². The molecule has 1 aliphatic heterocycles. The first kappa shape index (κ1) is 17.7. The molecule has 0 aliphatic carbocycles. The van der Waals surface area contributed by atoms with Gasteiger partial charge in [0, 0.05) is 33.0 Å². The van der Waals surface area contributed by atoms with E-state index in [4.69, 9.17) is 0 Å². The van der Waals surface area contributed by atoms with Gasteiger partial charge in [-0.15, -0.1) is 0 Å². The van der Waals surface area contributed by atoms with Gasteiger partial charge >= 0.3 is 0 Å². The molecule has 0 radical (unpaired) electrons. The Hall–Kier alpha value is -2.10. The maximum absolute atomic E-state index is 12.6. The molecule has 2 aromatic heterocycles. The number of anilines is 2. The van der Waals surface area contributed by atoms with Crippen LogP contribution in [0.5, 0.6) is 0 Å². The second-order valence-electron chi connectivity index (χ2n) is 6.06. The molecule has 25 heavy (non-hydrogen) atoms. The highest BCUT2D eigenvalue weighted by molar-refractivity contribution is 7.86. The molecule has 1 aliphatic rings. The van der Waals surface area contributed by atoms with E-state index >= 15 is 0 Å². The predicted molar refractivity (Wildman–Crippen MR) is 95.5 cm³/mol. The molecule has 0 aromatic carbocycles. The van der Waals surface area contributed by atoms with E-state index < -0.39 is 10.2 Å². The lowest BCUT2D eigenvalue weighted by molar-refractivity contribution is 0.238. The molecule has 3 rings (SSSR count). The van der Waals surface area contributed by atoms with Crippen LogP contribution in [0.3, 0.4) is 0 Å². The van der Waals surface area contributed by atoms with Gasteiger partial charge in [-0.2, -0.15) is 17.0 Å². The fourth-order valence-electron chi connectivity index (χ4n) is 2.86. The Bertz CT molecular complexity index is 812. The lowest BCUT2D eigenvalue weighted by atomic mass is 10.0. The summed E-state index contributed by atoms with van der Waals surface area (Å²) in [6.45, 7) is 0.498. The summed E-state index contributed by atoms with van der Waals surface area (Å²) in [5.74, 6) is 1.05. The van der Waals surface area contributed by atoms with Crippen LogP contribution in [0.1, 0.15) is 31.0 Å². The number of rotatable bonds is 5. The van der Waals surface area contributed by atoms with Crippen LogP contribution < -0.4 is 5.32 Å². The molecule has 8 nitrogen and oxygen atoms in total. The Labute approximate surface area is 148 Å². The van der Waals surface area contributed by atoms with Gasteiger partial charge in [-0.1, -0.05) is 12.5 Å². The number of aromatic nitrogens is 3. The quantitative estimate of drug-likeness (QED) is 0.874. The Morgan fingerprint density at radius 3 is 2.72 bits per heavy atom. The van der Waals surface area contributed by atoms with Gasteiger partial charge in [-0.25, -0.2) is 15.0 Å². The number of piperidine rings is 1. The summed E-state index contributed by atoms with van der Waals surface area (Å²) in [5.41, 5.74) is 0.693. The standard InChI is InChI=1S/C16H22N6O2S/c1-21(2)25(23,24)22-12-6-4-7-14(22)13-9-11-18-16(19-13)20-15-8-3-5-10-17-15/h3,5,8-11,14H,4,6-7,12H2,1-2H3,(H,17,18,19,20). The SMILES string of the molecule is CN(C)S(=O)(=O)N1CCCCC1c1ccnc(Nc2ccccn2)n1. The van der Waals surface area contributed by atoms with Crippen molar-refractivity contribution in [2.24, 2.45) is 0 Å². The summed E-state index contributed by atoms with van der Waals surface area (Å²) >= 11 is 0. The summed E-state index contributed by atoms with van der Waals surface area (Å²) in [6, 6.07) is 7.01. The van der Waals surface area contributed by atoms with Crippen LogP contribution in [0.2, 0.25) is 0 Å². The van der Waals surface area contributed by atoms with E-state index in [0.29, 0.717) is 24.0 Å². The summed E-state index contributed by atoms with van der Waals surface area (Å²) in [7, 11) is -0.394. The van der Waals surface area contributed by atoms with E-state index in [1.54, 1.807) is 32.6 Å². The third-order valence-corrected chi connectivity index (χ3v) is 6.09. The van der Waals surface area contributed by atoms with Crippen molar-refractivity contribution in [2.75, 3.05) is 26.0 Å². The molecule has 0 bridgehead atoms. The van der Waals surface area contributed by atoms with Crippen molar-refractivity contribution in [3.63, 3.8) is 0 Å². The molecule has 134 valence electrons. The molecule has 1 N–H and O–H groups in total. The van der Waals surface area contributed by atoms with E-state index in [2.05, 4.69) is 20.3 Å². The van der Waals surface area contributed by atoms with E-state index in [-0.39, 0.29) is 6.04 Å². The van der Waals surface area contributed by atoms with Crippen LogP contribution in [0, 0.1) is 0 Å². The minimum Gasteiger partial charge on any atom is -0.309 e. The molecule has 1 saturated heterocycles. The zero-order valence-corrected chi connectivity index (χ0v) is 15.1. The lowest BCUT2D eigenvalue weighted by Crippen LogP contribution is -2.44. The van der Waals surface area contributed by atoms with Crippen molar-refractivity contribution in [3.8, 4) is 0 Å². The number of nitrogens with zero attached hydrogens (tertiary/aromatic N) is 5. The van der Waals surface area contributed by atoms with Gasteiger partial charge in [0.2, 0.25) is 5.95 Å². The van der Waals surface area contributed by atoms with Gasteiger partial charge in [0.05, 0.1) is 11.7 Å². The van der Waals surface area contributed by atoms with Gasteiger partial charge in [-0.05, 0) is 31.0 Å². The Kier molecular flexibility index (Phi) is 5.26. The van der Waals surface area contributed by atoms with Crippen LogP contribution >= 0.6 is 0 Å². The van der Waals surface area contributed by atoms with E-state index in [1.807, 2.05) is 18.2 Å². The zero-order valence-electron chi connectivity index (χ0n) is 14.3. The minimum atomic E-state index is -3.50. The second kappa shape index (κ2) is 7.42. The first-order valence-corrected chi connectivity index (χ1v) is 9.58. The molecule has 3 heterocycles. The van der Waals surface area contributed by atoms with Crippen LogP contribution in [0.25, 0.3) is 0 Å². The summed E-state index contributed by atoms with van der Waals surface area (Å²) in [4.78, 5) is 12.9. The molecule has 1 atom stereocenters. The van der Waals surface area contributed by atoms with Crippen molar-refractivity contribution >= 4 is 22.0 Å². The molecule has 2 aromatic rings. The molecule has 0 amide bonds. The largest absolute Gasteiger partial charge is 0.309 e. The molecular weight excluding hydrogens is 340 g/mol. The van der Waals surface area contributed by atoms with Crippen LogP contribution in [0.4, 0.5) is 11.8 Å². The Morgan fingerprint density at radius 1 is 1.16 bits per heavy atom. The molecule has 9 heteroatoms. The van der Waals surface area contributed by atoms with Crippen LogP contribution in [0.15, 0.2) is 36.7 Å². The van der Waals surface area contributed by atoms with E-state index in [1.165, 1.54) is 8.61 Å². The number of hydrogen-bond acceptors (Lipinski definition) is 6. The van der Waals surface area contributed by atoms with E-state index in [0.717, 1.165) is 19.3 Å². The topological polar surface area (TPSA) is 91.3 Å². The minimum absolute atomic E-state index is 0.284. The average molecular weight is 362 g/mol. The summed E-state index contributed by atoms with van der Waals surface area (Å²) in [6.07, 6.45) is 5.89. The summed E-state index contributed by atoms with van der Waals surface area (Å²) < 4.78 is 28.0. The third kappa shape index (κ3) is 3.94. The highest BCUT2D eigenvalue weighted by atomic mass is 32.2. The van der Waals surface area contributed by atoms with Gasteiger partial charge in [0.1, 0.15) is 5.82 Å². The number of nitrogens with one attached hydrogen (secondary N) is 1. The molecular formula is C16H22N6O2S. The Balaban J connectivity index is 1.88. The first-order valence-electron chi connectivity index (χ1n) is 8.19. The predicted octanol–water partition coefficient (Wildman–Crippen LogP) is 1.95. The smallest absolute Gasteiger partial charge is 0.282 e.